The van der Waals surface area contributed by atoms with Gasteiger partial charge in [0.1, 0.15) is 5.60 Å². The number of terminal acetylenes is 1. The Labute approximate surface area is 91.0 Å². The van der Waals surface area contributed by atoms with E-state index in [-0.39, 0.29) is 6.42 Å². The number of hydrogen-bond acceptors (Lipinski definition) is 3. The maximum atomic E-state index is 11.3. The molecule has 2 atom stereocenters. The van der Waals surface area contributed by atoms with Crippen LogP contribution in [-0.4, -0.2) is 28.9 Å². The molecule has 86 valence electrons. The predicted molar refractivity (Wildman–Crippen MR) is 58.3 cm³/mol. The fourth-order valence-corrected chi connectivity index (χ4v) is 0.928. The second-order valence-electron chi connectivity index (χ2n) is 4.40. The largest absolute Gasteiger partial charge is 0.444 e. The summed E-state index contributed by atoms with van der Waals surface area (Å²) in [6.45, 7) is 6.88. The third-order valence-electron chi connectivity index (χ3n) is 1.62. The van der Waals surface area contributed by atoms with Gasteiger partial charge in [0.2, 0.25) is 0 Å². The molecule has 0 aliphatic heterocycles. The lowest BCUT2D eigenvalue weighted by Gasteiger charge is -2.24. The van der Waals surface area contributed by atoms with Crippen molar-refractivity contribution in [2.75, 3.05) is 0 Å². The van der Waals surface area contributed by atoms with Crippen LogP contribution in [0.5, 0.6) is 0 Å². The van der Waals surface area contributed by atoms with Gasteiger partial charge in [-0.05, 0) is 27.7 Å². The molecule has 0 fully saturated rings. The number of amides is 1. The Bertz CT molecular complexity index is 248. The molecule has 0 aliphatic rings. The molecule has 0 aromatic heterocycles. The van der Waals surface area contributed by atoms with Crippen LogP contribution in [0.4, 0.5) is 4.79 Å². The molecule has 15 heavy (non-hydrogen) atoms. The summed E-state index contributed by atoms with van der Waals surface area (Å²) < 4.78 is 5.03. The Morgan fingerprint density at radius 2 is 2.13 bits per heavy atom. The second kappa shape index (κ2) is 5.62. The van der Waals surface area contributed by atoms with Gasteiger partial charge < -0.3 is 15.2 Å². The zero-order valence-corrected chi connectivity index (χ0v) is 9.70. The van der Waals surface area contributed by atoms with Crippen LogP contribution >= 0.6 is 0 Å². The topological polar surface area (TPSA) is 58.6 Å². The van der Waals surface area contributed by atoms with Gasteiger partial charge in [0.15, 0.2) is 0 Å². The second-order valence-corrected chi connectivity index (χ2v) is 4.40. The van der Waals surface area contributed by atoms with E-state index in [2.05, 4.69) is 11.2 Å². The first-order valence-electron chi connectivity index (χ1n) is 4.87. The first-order valence-corrected chi connectivity index (χ1v) is 4.87. The SMILES string of the molecule is C#CC[C@H](NC(=O)OC(C)(C)C)[C@@H](C)O. The van der Waals surface area contributed by atoms with E-state index in [0.717, 1.165) is 0 Å². The molecule has 0 rings (SSSR count). The number of hydrogen-bond donors (Lipinski definition) is 2. The van der Waals surface area contributed by atoms with Crippen LogP contribution in [0.15, 0.2) is 0 Å². The molecule has 0 saturated heterocycles. The van der Waals surface area contributed by atoms with Crippen LogP contribution in [0.25, 0.3) is 0 Å². The molecular formula is C11H19NO3. The summed E-state index contributed by atoms with van der Waals surface area (Å²) in [5.74, 6) is 2.39. The van der Waals surface area contributed by atoms with E-state index in [9.17, 15) is 9.90 Å². The van der Waals surface area contributed by atoms with Crippen molar-refractivity contribution in [2.24, 2.45) is 0 Å². The van der Waals surface area contributed by atoms with E-state index in [1.807, 2.05) is 0 Å². The molecule has 1 amide bonds. The molecule has 0 aliphatic carbocycles. The molecule has 0 bridgehead atoms. The number of rotatable bonds is 3. The van der Waals surface area contributed by atoms with E-state index < -0.39 is 23.8 Å². The van der Waals surface area contributed by atoms with Gasteiger partial charge in [0.05, 0.1) is 12.1 Å². The highest BCUT2D eigenvalue weighted by atomic mass is 16.6. The highest BCUT2D eigenvalue weighted by Gasteiger charge is 2.21. The quantitative estimate of drug-likeness (QED) is 0.694. The number of nitrogens with one attached hydrogen (secondary N) is 1. The predicted octanol–water partition coefficient (Wildman–Crippen LogP) is 1.28. The Kier molecular flexibility index (Phi) is 5.16. The van der Waals surface area contributed by atoms with E-state index in [0.29, 0.717) is 0 Å². The Morgan fingerprint density at radius 3 is 2.47 bits per heavy atom. The summed E-state index contributed by atoms with van der Waals surface area (Å²) >= 11 is 0. The highest BCUT2D eigenvalue weighted by Crippen LogP contribution is 2.07. The standard InChI is InChI=1S/C11H19NO3/c1-6-7-9(8(2)13)12-10(14)15-11(3,4)5/h1,8-9,13H,7H2,2-5H3,(H,12,14)/t8-,9+/m1/s1. The third kappa shape index (κ3) is 6.81. The minimum absolute atomic E-state index is 0.275. The van der Waals surface area contributed by atoms with Gasteiger partial charge in [-0.3, -0.25) is 0 Å². The number of ether oxygens (including phenoxy) is 1. The van der Waals surface area contributed by atoms with Crippen molar-refractivity contribution in [1.29, 1.82) is 0 Å². The molecule has 0 aromatic rings. The summed E-state index contributed by atoms with van der Waals surface area (Å²) in [6.07, 6.45) is 4.13. The Hall–Kier alpha value is -1.21. The molecule has 4 heteroatoms. The number of aliphatic hydroxyl groups excluding tert-OH is 1. The molecule has 4 nitrogen and oxygen atoms in total. The first kappa shape index (κ1) is 13.8. The van der Waals surface area contributed by atoms with Crippen molar-refractivity contribution in [1.82, 2.24) is 5.32 Å². The van der Waals surface area contributed by atoms with Gasteiger partial charge in [-0.25, -0.2) is 4.79 Å². The van der Waals surface area contributed by atoms with Crippen molar-refractivity contribution in [3.05, 3.63) is 0 Å². The minimum atomic E-state index is -0.700. The van der Waals surface area contributed by atoms with Crippen LogP contribution in [0.3, 0.4) is 0 Å². The van der Waals surface area contributed by atoms with Crippen molar-refractivity contribution in [3.63, 3.8) is 0 Å². The third-order valence-corrected chi connectivity index (χ3v) is 1.62. The van der Waals surface area contributed by atoms with E-state index >= 15 is 0 Å². The van der Waals surface area contributed by atoms with Gasteiger partial charge in [-0.1, -0.05) is 0 Å². The molecule has 0 radical (unpaired) electrons. The molecular weight excluding hydrogens is 194 g/mol. The summed E-state index contributed by atoms with van der Waals surface area (Å²) in [5, 5.41) is 11.8. The minimum Gasteiger partial charge on any atom is -0.444 e. The zero-order chi connectivity index (χ0) is 12.1. The number of alkyl carbamates (subject to hydrolysis) is 1. The highest BCUT2D eigenvalue weighted by molar-refractivity contribution is 5.68. The summed E-state index contributed by atoms with van der Waals surface area (Å²) in [6, 6.07) is -0.468. The van der Waals surface area contributed by atoms with Gasteiger partial charge >= 0.3 is 6.09 Å². The van der Waals surface area contributed by atoms with Gasteiger partial charge in [0.25, 0.3) is 0 Å². The van der Waals surface area contributed by atoms with Crippen molar-refractivity contribution < 1.29 is 14.6 Å². The summed E-state index contributed by atoms with van der Waals surface area (Å²) in [4.78, 5) is 11.3. The van der Waals surface area contributed by atoms with Crippen LogP contribution in [0.2, 0.25) is 0 Å². The molecule has 2 N–H and O–H groups in total. The number of carbonyl (C=O) groups excluding carboxylic acids is 1. The zero-order valence-electron chi connectivity index (χ0n) is 9.70. The van der Waals surface area contributed by atoms with Crippen LogP contribution < -0.4 is 5.32 Å². The fraction of sp³-hybridized carbons (Fsp3) is 0.727. The van der Waals surface area contributed by atoms with Crippen LogP contribution in [0, 0.1) is 12.3 Å². The van der Waals surface area contributed by atoms with E-state index in [1.54, 1.807) is 27.7 Å². The number of aliphatic hydroxyl groups is 1. The van der Waals surface area contributed by atoms with E-state index in [1.165, 1.54) is 0 Å². The normalized spacial score (nSPS) is 14.9. The van der Waals surface area contributed by atoms with Crippen molar-refractivity contribution in [2.45, 2.75) is 51.9 Å². The Morgan fingerprint density at radius 1 is 1.60 bits per heavy atom. The molecule has 0 aromatic carbocycles. The lowest BCUT2D eigenvalue weighted by molar-refractivity contribution is 0.0441. The van der Waals surface area contributed by atoms with Crippen molar-refractivity contribution in [3.8, 4) is 12.3 Å². The average Bonchev–Trinajstić information content (AvgIpc) is 1.99. The monoisotopic (exact) mass is 213 g/mol. The lowest BCUT2D eigenvalue weighted by atomic mass is 10.1. The average molecular weight is 213 g/mol. The molecule has 0 saturated carbocycles. The summed E-state index contributed by atoms with van der Waals surface area (Å²) in [7, 11) is 0. The molecule has 0 spiro atoms. The molecule has 0 unspecified atom stereocenters. The molecule has 0 heterocycles. The van der Waals surface area contributed by atoms with Crippen LogP contribution in [-0.2, 0) is 4.74 Å². The lowest BCUT2D eigenvalue weighted by Crippen LogP contribution is -2.44. The maximum absolute atomic E-state index is 11.3. The number of carbonyl (C=O) groups is 1. The van der Waals surface area contributed by atoms with Gasteiger partial charge in [0, 0.05) is 6.42 Å². The van der Waals surface area contributed by atoms with Gasteiger partial charge in [-0.15, -0.1) is 12.3 Å². The van der Waals surface area contributed by atoms with E-state index in [4.69, 9.17) is 11.2 Å². The maximum Gasteiger partial charge on any atom is 0.407 e. The summed E-state index contributed by atoms with van der Waals surface area (Å²) in [5.41, 5.74) is -0.552. The van der Waals surface area contributed by atoms with Crippen LogP contribution in [0.1, 0.15) is 34.1 Å². The van der Waals surface area contributed by atoms with Gasteiger partial charge in [-0.2, -0.15) is 0 Å². The fourth-order valence-electron chi connectivity index (χ4n) is 0.928. The van der Waals surface area contributed by atoms with Crippen molar-refractivity contribution >= 4 is 6.09 Å². The Balaban J connectivity index is 4.19. The smallest absolute Gasteiger partial charge is 0.407 e. The first-order chi connectivity index (χ1) is 6.76.